The van der Waals surface area contributed by atoms with Crippen LogP contribution in [0.3, 0.4) is 0 Å². The van der Waals surface area contributed by atoms with E-state index >= 15 is 0 Å². The minimum absolute atomic E-state index is 0.0404. The first kappa shape index (κ1) is 21.6. The standard InChI is InChI=1S/C23H33N3O3/c1-3-24-11-5-13-28-19-7-9-21-18(15-19)17-26(27)23-16-20(8-10-22(21)23)29-14-6-12-25-4-2/h7-9,15-17,24-26H,3-6,10-14H2,1-2H3. The first-order valence-corrected chi connectivity index (χ1v) is 10.7. The molecule has 3 N–H and O–H groups in total. The number of hydrogen-bond donors (Lipinski definition) is 3. The van der Waals surface area contributed by atoms with Crippen LogP contribution in [0.15, 0.2) is 41.8 Å². The third-order valence-corrected chi connectivity index (χ3v) is 5.05. The van der Waals surface area contributed by atoms with Gasteiger partial charge in [0.2, 0.25) is 0 Å². The molecule has 1 heterocycles. The molecule has 0 spiro atoms. The molecule has 0 aromatic heterocycles. The molecule has 0 saturated heterocycles. The van der Waals surface area contributed by atoms with Gasteiger partial charge in [0.25, 0.3) is 0 Å². The molecule has 6 nitrogen and oxygen atoms in total. The predicted octanol–water partition coefficient (Wildman–Crippen LogP) is 0.538. The van der Waals surface area contributed by atoms with Crippen molar-refractivity contribution in [1.29, 1.82) is 0 Å². The summed E-state index contributed by atoms with van der Waals surface area (Å²) in [5.74, 6) is 1.61. The van der Waals surface area contributed by atoms with Crippen LogP contribution in [0.4, 0.5) is 0 Å². The Morgan fingerprint density at radius 3 is 2.48 bits per heavy atom. The second kappa shape index (κ2) is 11.2. The maximum atomic E-state index is 12.7. The fourth-order valence-corrected chi connectivity index (χ4v) is 3.55. The van der Waals surface area contributed by atoms with E-state index in [0.717, 1.165) is 72.2 Å². The molecule has 29 heavy (non-hydrogen) atoms. The van der Waals surface area contributed by atoms with Crippen molar-refractivity contribution < 1.29 is 14.5 Å². The molecule has 1 atom stereocenters. The van der Waals surface area contributed by atoms with Crippen LogP contribution in [0.1, 0.15) is 33.1 Å². The van der Waals surface area contributed by atoms with Gasteiger partial charge >= 0.3 is 0 Å². The fraction of sp³-hybridized carbons (Fsp3) is 0.478. The SMILES string of the molecule is CCNCCCOC1=CCC2=c3ccc(OCCCNCC)cc3=C[NH+]([O-])C2=C1. The van der Waals surface area contributed by atoms with E-state index in [1.54, 1.807) is 6.20 Å². The lowest BCUT2D eigenvalue weighted by Crippen LogP contribution is -3.01. The summed E-state index contributed by atoms with van der Waals surface area (Å²) >= 11 is 0. The average Bonchev–Trinajstić information content (AvgIpc) is 2.73. The van der Waals surface area contributed by atoms with Crippen LogP contribution in [-0.4, -0.2) is 39.4 Å². The first-order valence-electron chi connectivity index (χ1n) is 10.7. The smallest absolute Gasteiger partial charge is 0.143 e. The number of allylic oxidation sites excluding steroid dienone is 3. The minimum Gasteiger partial charge on any atom is -0.624 e. The Hall–Kier alpha value is -2.12. The van der Waals surface area contributed by atoms with Crippen molar-refractivity contribution >= 4 is 11.8 Å². The van der Waals surface area contributed by atoms with Gasteiger partial charge in [0.1, 0.15) is 23.4 Å². The van der Waals surface area contributed by atoms with E-state index in [4.69, 9.17) is 9.47 Å². The van der Waals surface area contributed by atoms with Crippen LogP contribution in [0.25, 0.3) is 11.8 Å². The van der Waals surface area contributed by atoms with Crippen molar-refractivity contribution in [2.24, 2.45) is 0 Å². The summed E-state index contributed by atoms with van der Waals surface area (Å²) < 4.78 is 11.7. The second-order valence-corrected chi connectivity index (χ2v) is 7.22. The van der Waals surface area contributed by atoms with Crippen LogP contribution in [0, 0.1) is 5.21 Å². The molecule has 1 aliphatic carbocycles. The number of benzene rings is 1. The Morgan fingerprint density at radius 2 is 1.76 bits per heavy atom. The lowest BCUT2D eigenvalue weighted by molar-refractivity contribution is -0.709. The minimum atomic E-state index is 0.0404. The zero-order chi connectivity index (χ0) is 20.5. The van der Waals surface area contributed by atoms with Gasteiger partial charge in [0.15, 0.2) is 0 Å². The molecule has 158 valence electrons. The van der Waals surface area contributed by atoms with Gasteiger partial charge in [-0.3, -0.25) is 0 Å². The number of rotatable bonds is 12. The second-order valence-electron chi connectivity index (χ2n) is 7.22. The zero-order valence-electron chi connectivity index (χ0n) is 17.6. The van der Waals surface area contributed by atoms with Gasteiger partial charge in [0.05, 0.1) is 13.2 Å². The Bertz CT molecular complexity index is 861. The summed E-state index contributed by atoms with van der Waals surface area (Å²) in [7, 11) is 0. The third kappa shape index (κ3) is 5.93. The van der Waals surface area contributed by atoms with E-state index < -0.39 is 0 Å². The number of hydroxylamine groups is 2. The van der Waals surface area contributed by atoms with Gasteiger partial charge in [-0.1, -0.05) is 13.8 Å². The van der Waals surface area contributed by atoms with E-state index in [9.17, 15) is 5.21 Å². The molecule has 1 unspecified atom stereocenters. The van der Waals surface area contributed by atoms with Crippen LogP contribution in [0.5, 0.6) is 5.75 Å². The van der Waals surface area contributed by atoms with E-state index in [-0.39, 0.29) is 5.06 Å². The van der Waals surface area contributed by atoms with Crippen molar-refractivity contribution in [2.75, 3.05) is 39.4 Å². The summed E-state index contributed by atoms with van der Waals surface area (Å²) in [5, 5.41) is 21.4. The highest BCUT2D eigenvalue weighted by molar-refractivity contribution is 5.67. The molecular formula is C23H33N3O3. The lowest BCUT2D eigenvalue weighted by atomic mass is 9.97. The summed E-state index contributed by atoms with van der Waals surface area (Å²) in [5.41, 5.74) is 1.83. The van der Waals surface area contributed by atoms with Gasteiger partial charge < -0.3 is 30.4 Å². The van der Waals surface area contributed by atoms with Crippen LogP contribution < -0.4 is 30.9 Å². The molecule has 0 bridgehead atoms. The molecule has 0 radical (unpaired) electrons. The molecule has 0 amide bonds. The highest BCUT2D eigenvalue weighted by atomic mass is 16.5. The van der Waals surface area contributed by atoms with Gasteiger partial charge in [-0.05, 0) is 68.5 Å². The van der Waals surface area contributed by atoms with Crippen LogP contribution in [-0.2, 0) is 4.74 Å². The number of quaternary nitrogens is 1. The van der Waals surface area contributed by atoms with Gasteiger partial charge in [0, 0.05) is 23.3 Å². The number of nitrogens with one attached hydrogen (secondary N) is 3. The number of hydrogen-bond acceptors (Lipinski definition) is 5. The fourth-order valence-electron chi connectivity index (χ4n) is 3.55. The largest absolute Gasteiger partial charge is 0.624 e. The Balaban J connectivity index is 1.66. The highest BCUT2D eigenvalue weighted by Crippen LogP contribution is 2.21. The van der Waals surface area contributed by atoms with Gasteiger partial charge in [-0.2, -0.15) is 0 Å². The Kier molecular flexibility index (Phi) is 8.31. The topological polar surface area (TPSA) is 70.0 Å². The monoisotopic (exact) mass is 399 g/mol. The molecular weight excluding hydrogens is 366 g/mol. The van der Waals surface area contributed by atoms with Crippen molar-refractivity contribution in [3.8, 4) is 5.75 Å². The summed E-state index contributed by atoms with van der Waals surface area (Å²) in [6, 6.07) is 6.04. The predicted molar refractivity (Wildman–Crippen MR) is 116 cm³/mol. The molecule has 2 aliphatic rings. The molecule has 3 rings (SSSR count). The molecule has 0 saturated carbocycles. The zero-order valence-corrected chi connectivity index (χ0v) is 17.6. The van der Waals surface area contributed by atoms with Crippen molar-refractivity contribution in [1.82, 2.24) is 10.6 Å². The van der Waals surface area contributed by atoms with E-state index in [0.29, 0.717) is 19.6 Å². The van der Waals surface area contributed by atoms with Crippen molar-refractivity contribution in [2.45, 2.75) is 33.1 Å². The summed E-state index contributed by atoms with van der Waals surface area (Å²) in [6.07, 6.45) is 8.29. The van der Waals surface area contributed by atoms with Crippen molar-refractivity contribution in [3.05, 3.63) is 57.5 Å². The first-order chi connectivity index (χ1) is 14.2. The Morgan fingerprint density at radius 1 is 1.03 bits per heavy atom. The van der Waals surface area contributed by atoms with Crippen molar-refractivity contribution in [3.63, 3.8) is 0 Å². The van der Waals surface area contributed by atoms with Crippen LogP contribution >= 0.6 is 0 Å². The molecule has 1 aliphatic heterocycles. The third-order valence-electron chi connectivity index (χ3n) is 5.05. The molecule has 1 aromatic carbocycles. The Labute approximate surface area is 173 Å². The quantitative estimate of drug-likeness (QED) is 0.354. The number of ether oxygens (including phenoxy) is 2. The van der Waals surface area contributed by atoms with Gasteiger partial charge in [-0.25, -0.2) is 0 Å². The lowest BCUT2D eigenvalue weighted by Gasteiger charge is -2.27. The van der Waals surface area contributed by atoms with E-state index in [1.807, 2.05) is 18.2 Å². The van der Waals surface area contributed by atoms with E-state index in [1.165, 1.54) is 0 Å². The van der Waals surface area contributed by atoms with E-state index in [2.05, 4.69) is 36.6 Å². The number of fused-ring (bicyclic) bond motifs is 2. The normalized spacial score (nSPS) is 17.6. The summed E-state index contributed by atoms with van der Waals surface area (Å²) in [4.78, 5) is 0. The average molecular weight is 400 g/mol. The molecule has 6 heteroatoms. The molecule has 0 fully saturated rings. The maximum Gasteiger partial charge on any atom is 0.143 e. The highest BCUT2D eigenvalue weighted by Gasteiger charge is 2.21. The summed E-state index contributed by atoms with van der Waals surface area (Å²) in [6.45, 7) is 9.34. The van der Waals surface area contributed by atoms with Crippen LogP contribution in [0.2, 0.25) is 0 Å². The molecule has 1 aromatic rings. The van der Waals surface area contributed by atoms with Gasteiger partial charge in [-0.15, -0.1) is 0 Å². The maximum absolute atomic E-state index is 12.7.